The molecule has 0 fully saturated rings. The van der Waals surface area contributed by atoms with Crippen LogP contribution in [0.5, 0.6) is 0 Å². The van der Waals surface area contributed by atoms with E-state index in [4.69, 9.17) is 0 Å². The van der Waals surface area contributed by atoms with Crippen molar-refractivity contribution in [3.8, 4) is 0 Å². The molecule has 0 unspecified atom stereocenters. The lowest BCUT2D eigenvalue weighted by molar-refractivity contribution is 0.610. The van der Waals surface area contributed by atoms with Crippen LogP contribution in [-0.4, -0.2) is 23.1 Å². The third-order valence-electron chi connectivity index (χ3n) is 4.14. The molecule has 0 atom stereocenters. The molecular weight excluding hydrogens is 327 g/mol. The Balaban J connectivity index is 1.74. The van der Waals surface area contributed by atoms with Crippen LogP contribution < -0.4 is 10.2 Å². The van der Waals surface area contributed by atoms with E-state index in [0.29, 0.717) is 24.5 Å². The SMILES string of the molecule is CCN(c1ccccc1)c1cc(C)nc(NCCc2ccccc2F)n1. The van der Waals surface area contributed by atoms with Crippen molar-refractivity contribution >= 4 is 17.5 Å². The average molecular weight is 350 g/mol. The van der Waals surface area contributed by atoms with Crippen LogP contribution in [0, 0.1) is 12.7 Å². The molecule has 0 bridgehead atoms. The van der Waals surface area contributed by atoms with Gasteiger partial charge in [0.1, 0.15) is 11.6 Å². The van der Waals surface area contributed by atoms with Crippen LogP contribution in [0.1, 0.15) is 18.2 Å². The molecule has 5 heteroatoms. The lowest BCUT2D eigenvalue weighted by Gasteiger charge is -2.23. The highest BCUT2D eigenvalue weighted by Gasteiger charge is 2.11. The molecule has 134 valence electrons. The van der Waals surface area contributed by atoms with E-state index in [1.54, 1.807) is 12.1 Å². The fourth-order valence-electron chi connectivity index (χ4n) is 2.86. The molecule has 2 aromatic carbocycles. The van der Waals surface area contributed by atoms with E-state index >= 15 is 0 Å². The highest BCUT2D eigenvalue weighted by molar-refractivity contribution is 5.61. The maximum atomic E-state index is 13.7. The molecule has 0 spiro atoms. The van der Waals surface area contributed by atoms with E-state index in [9.17, 15) is 4.39 Å². The van der Waals surface area contributed by atoms with E-state index in [1.165, 1.54) is 6.07 Å². The lowest BCUT2D eigenvalue weighted by atomic mass is 10.1. The maximum absolute atomic E-state index is 13.7. The first-order chi connectivity index (χ1) is 12.7. The number of aromatic nitrogens is 2. The third-order valence-corrected chi connectivity index (χ3v) is 4.14. The first kappa shape index (κ1) is 17.9. The molecule has 0 saturated carbocycles. The minimum absolute atomic E-state index is 0.179. The van der Waals surface area contributed by atoms with Crippen LogP contribution in [0.3, 0.4) is 0 Å². The van der Waals surface area contributed by atoms with Crippen molar-refractivity contribution in [1.29, 1.82) is 0 Å². The van der Waals surface area contributed by atoms with Crippen molar-refractivity contribution in [2.75, 3.05) is 23.3 Å². The molecule has 1 heterocycles. The summed E-state index contributed by atoms with van der Waals surface area (Å²) in [5.41, 5.74) is 2.66. The van der Waals surface area contributed by atoms with Crippen LogP contribution in [0.2, 0.25) is 0 Å². The number of aryl methyl sites for hydroxylation is 1. The van der Waals surface area contributed by atoms with E-state index in [-0.39, 0.29) is 5.82 Å². The quantitative estimate of drug-likeness (QED) is 0.668. The summed E-state index contributed by atoms with van der Waals surface area (Å²) in [7, 11) is 0. The fourth-order valence-corrected chi connectivity index (χ4v) is 2.86. The van der Waals surface area contributed by atoms with Crippen molar-refractivity contribution in [1.82, 2.24) is 9.97 Å². The molecule has 0 saturated heterocycles. The molecule has 3 aromatic rings. The number of anilines is 3. The Hall–Kier alpha value is -2.95. The number of halogens is 1. The molecule has 1 N–H and O–H groups in total. The topological polar surface area (TPSA) is 41.1 Å². The number of benzene rings is 2. The highest BCUT2D eigenvalue weighted by atomic mass is 19.1. The summed E-state index contributed by atoms with van der Waals surface area (Å²) >= 11 is 0. The smallest absolute Gasteiger partial charge is 0.224 e. The van der Waals surface area contributed by atoms with E-state index < -0.39 is 0 Å². The summed E-state index contributed by atoms with van der Waals surface area (Å²) < 4.78 is 13.7. The molecule has 0 aliphatic rings. The molecule has 4 nitrogen and oxygen atoms in total. The van der Waals surface area contributed by atoms with Crippen LogP contribution in [0.15, 0.2) is 60.7 Å². The standard InChI is InChI=1S/C21H23FN4/c1-3-26(18-10-5-4-6-11-18)20-15-16(2)24-21(25-20)23-14-13-17-9-7-8-12-19(17)22/h4-12,15H,3,13-14H2,1-2H3,(H,23,24,25). The minimum Gasteiger partial charge on any atom is -0.354 e. The Morgan fingerprint density at radius 1 is 1.00 bits per heavy atom. The summed E-state index contributed by atoms with van der Waals surface area (Å²) in [4.78, 5) is 11.2. The first-order valence-electron chi connectivity index (χ1n) is 8.83. The molecule has 0 aliphatic heterocycles. The Morgan fingerprint density at radius 2 is 1.73 bits per heavy atom. The zero-order valence-electron chi connectivity index (χ0n) is 15.1. The van der Waals surface area contributed by atoms with Gasteiger partial charge in [-0.15, -0.1) is 0 Å². The second-order valence-corrected chi connectivity index (χ2v) is 6.04. The van der Waals surface area contributed by atoms with Gasteiger partial charge in [-0.25, -0.2) is 9.37 Å². The van der Waals surface area contributed by atoms with E-state index in [0.717, 1.165) is 23.7 Å². The number of hydrogen-bond acceptors (Lipinski definition) is 4. The predicted molar refractivity (Wildman–Crippen MR) is 104 cm³/mol. The van der Waals surface area contributed by atoms with Crippen molar-refractivity contribution < 1.29 is 4.39 Å². The second kappa shape index (κ2) is 8.43. The molecule has 3 rings (SSSR count). The number of rotatable bonds is 7. The summed E-state index contributed by atoms with van der Waals surface area (Å²) in [6.45, 7) is 5.41. The average Bonchev–Trinajstić information content (AvgIpc) is 2.64. The summed E-state index contributed by atoms with van der Waals surface area (Å²) in [6, 6.07) is 18.9. The Kier molecular flexibility index (Phi) is 5.79. The van der Waals surface area contributed by atoms with Crippen LogP contribution in [0.4, 0.5) is 21.8 Å². The molecule has 0 radical (unpaired) electrons. The largest absolute Gasteiger partial charge is 0.354 e. The monoisotopic (exact) mass is 350 g/mol. The van der Waals surface area contributed by atoms with E-state index in [1.807, 2.05) is 37.3 Å². The van der Waals surface area contributed by atoms with Gasteiger partial charge in [-0.2, -0.15) is 4.98 Å². The molecule has 26 heavy (non-hydrogen) atoms. The van der Waals surface area contributed by atoms with Gasteiger partial charge in [-0.05, 0) is 44.0 Å². The Morgan fingerprint density at radius 3 is 2.46 bits per heavy atom. The van der Waals surface area contributed by atoms with Crippen LogP contribution in [0.25, 0.3) is 0 Å². The summed E-state index contributed by atoms with van der Waals surface area (Å²) in [5, 5.41) is 3.22. The zero-order valence-corrected chi connectivity index (χ0v) is 15.1. The number of nitrogens with zero attached hydrogens (tertiary/aromatic N) is 3. The number of nitrogens with one attached hydrogen (secondary N) is 1. The van der Waals surface area contributed by atoms with Gasteiger partial charge < -0.3 is 10.2 Å². The van der Waals surface area contributed by atoms with Crippen molar-refractivity contribution in [2.45, 2.75) is 20.3 Å². The maximum Gasteiger partial charge on any atom is 0.224 e. The highest BCUT2D eigenvalue weighted by Crippen LogP contribution is 2.24. The number of hydrogen-bond donors (Lipinski definition) is 1. The summed E-state index contributed by atoms with van der Waals surface area (Å²) in [5.74, 6) is 1.23. The van der Waals surface area contributed by atoms with Gasteiger partial charge >= 0.3 is 0 Å². The van der Waals surface area contributed by atoms with E-state index in [2.05, 4.69) is 39.2 Å². The summed E-state index contributed by atoms with van der Waals surface area (Å²) in [6.07, 6.45) is 0.579. The normalized spacial score (nSPS) is 10.6. The van der Waals surface area contributed by atoms with Gasteiger partial charge in [0.25, 0.3) is 0 Å². The first-order valence-corrected chi connectivity index (χ1v) is 8.83. The van der Waals surface area contributed by atoms with Crippen molar-refractivity contribution in [3.05, 3.63) is 77.7 Å². The minimum atomic E-state index is -0.179. The Labute approximate surface area is 153 Å². The van der Waals surface area contributed by atoms with Crippen LogP contribution in [-0.2, 0) is 6.42 Å². The van der Waals surface area contributed by atoms with Gasteiger partial charge in [0.15, 0.2) is 0 Å². The van der Waals surface area contributed by atoms with Gasteiger partial charge in [0.05, 0.1) is 0 Å². The third kappa shape index (κ3) is 4.36. The number of para-hydroxylation sites is 1. The molecular formula is C21H23FN4. The van der Waals surface area contributed by atoms with Crippen LogP contribution >= 0.6 is 0 Å². The van der Waals surface area contributed by atoms with Gasteiger partial charge in [-0.3, -0.25) is 0 Å². The Bertz CT molecular complexity index is 852. The van der Waals surface area contributed by atoms with Gasteiger partial charge in [-0.1, -0.05) is 36.4 Å². The van der Waals surface area contributed by atoms with Gasteiger partial charge in [0.2, 0.25) is 5.95 Å². The lowest BCUT2D eigenvalue weighted by Crippen LogP contribution is -2.19. The predicted octanol–water partition coefficient (Wildman–Crippen LogP) is 4.74. The zero-order chi connectivity index (χ0) is 18.4. The molecule has 0 aliphatic carbocycles. The second-order valence-electron chi connectivity index (χ2n) is 6.04. The van der Waals surface area contributed by atoms with Gasteiger partial charge in [0, 0.05) is 30.5 Å². The molecule has 0 amide bonds. The van der Waals surface area contributed by atoms with Crippen molar-refractivity contribution in [3.63, 3.8) is 0 Å². The van der Waals surface area contributed by atoms with Crippen molar-refractivity contribution in [2.24, 2.45) is 0 Å². The fraction of sp³-hybridized carbons (Fsp3) is 0.238. The molecule has 1 aromatic heterocycles.